The van der Waals surface area contributed by atoms with Gasteiger partial charge in [0.2, 0.25) is 0 Å². The van der Waals surface area contributed by atoms with Crippen molar-refractivity contribution >= 4 is 0 Å². The highest BCUT2D eigenvalue weighted by molar-refractivity contribution is 5.37. The van der Waals surface area contributed by atoms with Crippen molar-refractivity contribution in [3.05, 3.63) is 29.3 Å². The molecule has 1 rings (SSSR count). The summed E-state index contributed by atoms with van der Waals surface area (Å²) in [6.07, 6.45) is -4.36. The van der Waals surface area contributed by atoms with Gasteiger partial charge in [0.25, 0.3) is 0 Å². The van der Waals surface area contributed by atoms with Crippen molar-refractivity contribution < 1.29 is 17.9 Å². The van der Waals surface area contributed by atoms with Crippen LogP contribution in [0.25, 0.3) is 0 Å². The van der Waals surface area contributed by atoms with E-state index in [0.29, 0.717) is 12.4 Å². The van der Waals surface area contributed by atoms with Crippen molar-refractivity contribution in [2.45, 2.75) is 19.6 Å². The van der Waals surface area contributed by atoms with E-state index in [2.05, 4.69) is 0 Å². The lowest BCUT2D eigenvalue weighted by molar-refractivity contribution is -0.138. The fraction of sp³-hybridized carbons (Fsp3) is 0.400. The Morgan fingerprint density at radius 1 is 1.33 bits per heavy atom. The van der Waals surface area contributed by atoms with Crippen molar-refractivity contribution in [1.29, 1.82) is 0 Å². The highest BCUT2D eigenvalue weighted by atomic mass is 19.4. The van der Waals surface area contributed by atoms with Gasteiger partial charge in [-0.1, -0.05) is 0 Å². The van der Waals surface area contributed by atoms with Crippen LogP contribution in [0.1, 0.15) is 18.1 Å². The lowest BCUT2D eigenvalue weighted by atomic mass is 10.1. The highest BCUT2D eigenvalue weighted by Gasteiger charge is 2.32. The first-order chi connectivity index (χ1) is 6.99. The second-order valence-electron chi connectivity index (χ2n) is 2.95. The minimum absolute atomic E-state index is 0.0495. The molecule has 1 aromatic carbocycles. The second-order valence-corrected chi connectivity index (χ2v) is 2.95. The molecule has 0 bridgehead atoms. The van der Waals surface area contributed by atoms with E-state index in [1.807, 2.05) is 0 Å². The van der Waals surface area contributed by atoms with Gasteiger partial charge in [-0.15, -0.1) is 0 Å². The Hall–Kier alpha value is -1.23. The van der Waals surface area contributed by atoms with Gasteiger partial charge in [0.1, 0.15) is 5.75 Å². The summed E-state index contributed by atoms with van der Waals surface area (Å²) in [7, 11) is 0. The highest BCUT2D eigenvalue weighted by Crippen LogP contribution is 2.33. The molecule has 0 saturated heterocycles. The van der Waals surface area contributed by atoms with E-state index in [1.165, 1.54) is 12.1 Å². The number of nitrogens with two attached hydrogens (primary N) is 1. The van der Waals surface area contributed by atoms with Crippen LogP contribution in [0.3, 0.4) is 0 Å². The minimum Gasteiger partial charge on any atom is -0.494 e. The second kappa shape index (κ2) is 4.53. The largest absolute Gasteiger partial charge is 0.494 e. The standard InChI is InChI=1S/C10H12F3NO/c1-2-15-8-3-4-9(10(11,12)13)7(5-8)6-14/h3-5H,2,6,14H2,1H3. The summed E-state index contributed by atoms with van der Waals surface area (Å²) >= 11 is 0. The van der Waals surface area contributed by atoms with E-state index in [0.717, 1.165) is 6.07 Å². The number of rotatable bonds is 3. The Morgan fingerprint density at radius 3 is 2.47 bits per heavy atom. The monoisotopic (exact) mass is 219 g/mol. The van der Waals surface area contributed by atoms with E-state index in [-0.39, 0.29) is 12.1 Å². The van der Waals surface area contributed by atoms with Crippen LogP contribution < -0.4 is 10.5 Å². The zero-order valence-electron chi connectivity index (χ0n) is 8.27. The molecular weight excluding hydrogens is 207 g/mol. The molecule has 0 aliphatic carbocycles. The predicted octanol–water partition coefficient (Wildman–Crippen LogP) is 2.56. The molecule has 0 radical (unpaired) electrons. The molecule has 15 heavy (non-hydrogen) atoms. The third kappa shape index (κ3) is 2.86. The average Bonchev–Trinajstić information content (AvgIpc) is 2.16. The fourth-order valence-electron chi connectivity index (χ4n) is 1.27. The van der Waals surface area contributed by atoms with Gasteiger partial charge in [-0.3, -0.25) is 0 Å². The average molecular weight is 219 g/mol. The van der Waals surface area contributed by atoms with Crippen LogP contribution >= 0.6 is 0 Å². The Kier molecular flexibility index (Phi) is 3.57. The molecule has 0 fully saturated rings. The van der Waals surface area contributed by atoms with E-state index in [1.54, 1.807) is 6.92 Å². The van der Waals surface area contributed by atoms with E-state index >= 15 is 0 Å². The smallest absolute Gasteiger partial charge is 0.416 e. The summed E-state index contributed by atoms with van der Waals surface area (Å²) < 4.78 is 42.5. The van der Waals surface area contributed by atoms with Crippen molar-refractivity contribution in [1.82, 2.24) is 0 Å². The summed E-state index contributed by atoms with van der Waals surface area (Å²) in [5.74, 6) is 0.408. The first-order valence-corrected chi connectivity index (χ1v) is 4.52. The quantitative estimate of drug-likeness (QED) is 0.847. The Balaban J connectivity index is 3.09. The minimum atomic E-state index is -4.36. The van der Waals surface area contributed by atoms with Gasteiger partial charge in [0.15, 0.2) is 0 Å². The van der Waals surface area contributed by atoms with Crippen molar-refractivity contribution in [2.24, 2.45) is 5.73 Å². The molecule has 0 amide bonds. The van der Waals surface area contributed by atoms with Gasteiger partial charge in [-0.2, -0.15) is 13.2 Å². The zero-order chi connectivity index (χ0) is 11.5. The zero-order valence-corrected chi connectivity index (χ0v) is 8.27. The van der Waals surface area contributed by atoms with Crippen molar-refractivity contribution in [3.8, 4) is 5.75 Å². The molecule has 1 aromatic rings. The molecule has 84 valence electrons. The molecule has 0 aromatic heterocycles. The number of benzene rings is 1. The molecule has 0 saturated carbocycles. The topological polar surface area (TPSA) is 35.2 Å². The van der Waals surface area contributed by atoms with E-state index in [9.17, 15) is 13.2 Å². The summed E-state index contributed by atoms with van der Waals surface area (Å²) in [5.41, 5.74) is 4.61. The molecule has 0 unspecified atom stereocenters. The van der Waals surface area contributed by atoms with Gasteiger partial charge in [0, 0.05) is 6.54 Å². The van der Waals surface area contributed by atoms with Crippen LogP contribution in [0.5, 0.6) is 5.75 Å². The first kappa shape index (κ1) is 11.8. The van der Waals surface area contributed by atoms with Crippen LogP contribution in [-0.2, 0) is 12.7 Å². The lowest BCUT2D eigenvalue weighted by Crippen LogP contribution is -2.12. The molecule has 0 spiro atoms. The van der Waals surface area contributed by atoms with Gasteiger partial charge in [-0.05, 0) is 30.7 Å². The lowest BCUT2D eigenvalue weighted by Gasteiger charge is -2.13. The van der Waals surface area contributed by atoms with Gasteiger partial charge < -0.3 is 10.5 Å². The predicted molar refractivity (Wildman–Crippen MR) is 50.5 cm³/mol. The van der Waals surface area contributed by atoms with Crippen molar-refractivity contribution in [2.75, 3.05) is 6.61 Å². The van der Waals surface area contributed by atoms with Gasteiger partial charge in [-0.25, -0.2) is 0 Å². The normalized spacial score (nSPS) is 11.5. The molecular formula is C10H12F3NO. The molecule has 2 nitrogen and oxygen atoms in total. The van der Waals surface area contributed by atoms with Crippen LogP contribution in [-0.4, -0.2) is 6.61 Å². The molecule has 0 heterocycles. The fourth-order valence-corrected chi connectivity index (χ4v) is 1.27. The number of ether oxygens (including phenoxy) is 1. The maximum absolute atomic E-state index is 12.5. The SMILES string of the molecule is CCOc1ccc(C(F)(F)F)c(CN)c1. The molecule has 0 aliphatic heterocycles. The summed E-state index contributed by atoms with van der Waals surface area (Å²) in [4.78, 5) is 0. The van der Waals surface area contributed by atoms with Crippen LogP contribution in [0.15, 0.2) is 18.2 Å². The Labute approximate surface area is 85.8 Å². The maximum atomic E-state index is 12.5. The van der Waals surface area contributed by atoms with Gasteiger partial charge in [0.05, 0.1) is 12.2 Å². The summed E-state index contributed by atoms with van der Waals surface area (Å²) in [5, 5.41) is 0. The first-order valence-electron chi connectivity index (χ1n) is 4.52. The number of hydrogen-bond donors (Lipinski definition) is 1. The summed E-state index contributed by atoms with van der Waals surface area (Å²) in [6, 6.07) is 3.62. The van der Waals surface area contributed by atoms with E-state index in [4.69, 9.17) is 10.5 Å². The number of alkyl halides is 3. The van der Waals surface area contributed by atoms with Gasteiger partial charge >= 0.3 is 6.18 Å². The van der Waals surface area contributed by atoms with Crippen LogP contribution in [0.4, 0.5) is 13.2 Å². The van der Waals surface area contributed by atoms with Crippen molar-refractivity contribution in [3.63, 3.8) is 0 Å². The molecule has 2 N–H and O–H groups in total. The molecule has 5 heteroatoms. The van der Waals surface area contributed by atoms with Crippen LogP contribution in [0, 0.1) is 0 Å². The third-order valence-corrected chi connectivity index (χ3v) is 1.91. The molecule has 0 aliphatic rings. The number of hydrogen-bond acceptors (Lipinski definition) is 2. The number of halogens is 3. The summed E-state index contributed by atoms with van der Waals surface area (Å²) in [6.45, 7) is 2.02. The van der Waals surface area contributed by atoms with Crippen LogP contribution in [0.2, 0.25) is 0 Å². The van der Waals surface area contributed by atoms with E-state index < -0.39 is 11.7 Å². The Morgan fingerprint density at radius 2 is 2.00 bits per heavy atom. The Bertz CT molecular complexity index is 336. The third-order valence-electron chi connectivity index (χ3n) is 1.91. The molecule has 0 atom stereocenters. The maximum Gasteiger partial charge on any atom is 0.416 e.